The van der Waals surface area contributed by atoms with E-state index in [1.54, 1.807) is 6.21 Å². The molecule has 0 N–H and O–H groups in total. The lowest BCUT2D eigenvalue weighted by atomic mass is 10.0. The molecule has 6 heteroatoms. The minimum Gasteiger partial charge on any atom is -0.375 e. The standard InChI is InChI=1S/C9H13Cl3N2.ClH/c1-14(5-3-10)8-2-4-13-7-9(8,12)6-11;/h2,4H,3,5-7H2,1H3;1H. The average Bonchev–Trinajstić information content (AvgIpc) is 2.19. The first-order valence-electron chi connectivity index (χ1n) is 4.36. The molecule has 1 heterocycles. The molecular weight excluding hydrogens is 278 g/mol. The maximum absolute atomic E-state index is 6.36. The molecule has 0 saturated heterocycles. The fourth-order valence-electron chi connectivity index (χ4n) is 1.38. The summed E-state index contributed by atoms with van der Waals surface area (Å²) in [7, 11) is 1.96. The van der Waals surface area contributed by atoms with E-state index >= 15 is 0 Å². The van der Waals surface area contributed by atoms with Gasteiger partial charge in [-0.3, -0.25) is 4.99 Å². The van der Waals surface area contributed by atoms with E-state index < -0.39 is 4.87 Å². The summed E-state index contributed by atoms with van der Waals surface area (Å²) in [5.41, 5.74) is 0.991. The van der Waals surface area contributed by atoms with Crippen molar-refractivity contribution in [3.8, 4) is 0 Å². The van der Waals surface area contributed by atoms with Crippen LogP contribution in [0.25, 0.3) is 0 Å². The normalized spacial score (nSPS) is 24.4. The zero-order chi connectivity index (χ0) is 10.6. The fourth-order valence-corrected chi connectivity index (χ4v) is 2.13. The van der Waals surface area contributed by atoms with Crippen LogP contribution in [0, 0.1) is 0 Å². The Bertz CT molecular complexity index is 254. The Balaban J connectivity index is 0.00000196. The summed E-state index contributed by atoms with van der Waals surface area (Å²) in [6.07, 6.45) is 3.65. The van der Waals surface area contributed by atoms with Gasteiger partial charge in [-0.05, 0) is 6.08 Å². The van der Waals surface area contributed by atoms with Crippen LogP contribution < -0.4 is 0 Å². The van der Waals surface area contributed by atoms with Gasteiger partial charge in [0, 0.05) is 37.3 Å². The number of allylic oxidation sites excluding steroid dienone is 1. The summed E-state index contributed by atoms with van der Waals surface area (Å²) in [5.74, 6) is 0.921. The number of rotatable bonds is 4. The van der Waals surface area contributed by atoms with Crippen LogP contribution in [0.2, 0.25) is 0 Å². The number of hydrogen-bond acceptors (Lipinski definition) is 2. The topological polar surface area (TPSA) is 15.6 Å². The van der Waals surface area contributed by atoms with Crippen molar-refractivity contribution < 1.29 is 0 Å². The monoisotopic (exact) mass is 290 g/mol. The highest BCUT2D eigenvalue weighted by atomic mass is 35.5. The third-order valence-electron chi connectivity index (χ3n) is 2.18. The number of hydrogen-bond donors (Lipinski definition) is 0. The molecule has 0 aliphatic carbocycles. The van der Waals surface area contributed by atoms with E-state index in [4.69, 9.17) is 34.8 Å². The molecular formula is C9H14Cl4N2. The minimum absolute atomic E-state index is 0. The van der Waals surface area contributed by atoms with Crippen LogP contribution in [-0.2, 0) is 0 Å². The van der Waals surface area contributed by atoms with Crippen LogP contribution in [0.5, 0.6) is 0 Å². The predicted molar refractivity (Wildman–Crippen MR) is 71.3 cm³/mol. The second-order valence-corrected chi connectivity index (χ2v) is 4.62. The van der Waals surface area contributed by atoms with E-state index in [1.165, 1.54) is 0 Å². The van der Waals surface area contributed by atoms with Crippen LogP contribution in [0.15, 0.2) is 16.8 Å². The molecule has 0 amide bonds. The first-order chi connectivity index (χ1) is 6.64. The minimum atomic E-state index is -0.572. The Labute approximate surface area is 112 Å². The third kappa shape index (κ3) is 3.70. The molecule has 0 saturated carbocycles. The first-order valence-corrected chi connectivity index (χ1v) is 5.81. The van der Waals surface area contributed by atoms with Gasteiger partial charge in [0.25, 0.3) is 0 Å². The molecule has 0 aromatic rings. The van der Waals surface area contributed by atoms with Crippen molar-refractivity contribution in [2.45, 2.75) is 4.87 Å². The molecule has 0 aromatic carbocycles. The maximum atomic E-state index is 6.36. The first kappa shape index (κ1) is 15.4. The van der Waals surface area contributed by atoms with Crippen LogP contribution in [0.3, 0.4) is 0 Å². The molecule has 15 heavy (non-hydrogen) atoms. The molecule has 2 nitrogen and oxygen atoms in total. The summed E-state index contributed by atoms with van der Waals surface area (Å²) in [4.78, 5) is 5.57. The summed E-state index contributed by atoms with van der Waals surface area (Å²) >= 11 is 17.9. The van der Waals surface area contributed by atoms with Gasteiger partial charge in [0.1, 0.15) is 4.87 Å². The Morgan fingerprint density at radius 1 is 1.53 bits per heavy atom. The van der Waals surface area contributed by atoms with Gasteiger partial charge in [0.05, 0.1) is 6.54 Å². The van der Waals surface area contributed by atoms with Gasteiger partial charge in [0.15, 0.2) is 0 Å². The highest BCUT2D eigenvalue weighted by Gasteiger charge is 2.34. The zero-order valence-electron chi connectivity index (χ0n) is 8.42. The van der Waals surface area contributed by atoms with Crippen molar-refractivity contribution >= 4 is 53.4 Å². The Morgan fingerprint density at radius 2 is 2.20 bits per heavy atom. The van der Waals surface area contributed by atoms with Crippen molar-refractivity contribution in [2.75, 3.05) is 31.9 Å². The Morgan fingerprint density at radius 3 is 2.73 bits per heavy atom. The van der Waals surface area contributed by atoms with E-state index in [0.717, 1.165) is 12.2 Å². The maximum Gasteiger partial charge on any atom is 0.117 e. The summed E-state index contributed by atoms with van der Waals surface area (Å²) in [6.45, 7) is 1.28. The van der Waals surface area contributed by atoms with Gasteiger partial charge in [0.2, 0.25) is 0 Å². The molecule has 0 bridgehead atoms. The van der Waals surface area contributed by atoms with Crippen molar-refractivity contribution in [1.29, 1.82) is 0 Å². The quantitative estimate of drug-likeness (QED) is 0.727. The summed E-state index contributed by atoms with van der Waals surface area (Å²) in [6, 6.07) is 0. The van der Waals surface area contributed by atoms with Crippen molar-refractivity contribution in [2.24, 2.45) is 4.99 Å². The van der Waals surface area contributed by atoms with E-state index in [0.29, 0.717) is 18.3 Å². The predicted octanol–water partition coefficient (Wildman–Crippen LogP) is 2.76. The molecule has 1 atom stereocenters. The van der Waals surface area contributed by atoms with Crippen LogP contribution >= 0.6 is 47.2 Å². The van der Waals surface area contributed by atoms with Gasteiger partial charge in [-0.15, -0.1) is 47.2 Å². The van der Waals surface area contributed by atoms with Crippen LogP contribution in [-0.4, -0.2) is 47.9 Å². The van der Waals surface area contributed by atoms with Gasteiger partial charge < -0.3 is 4.90 Å². The zero-order valence-corrected chi connectivity index (χ0v) is 11.5. The number of aliphatic imine (C=N–C) groups is 1. The Kier molecular flexibility index (Phi) is 7.02. The molecule has 0 fully saturated rings. The Hall–Kier alpha value is 0.370. The van der Waals surface area contributed by atoms with Crippen LogP contribution in [0.1, 0.15) is 0 Å². The molecule has 1 aliphatic heterocycles. The van der Waals surface area contributed by atoms with Gasteiger partial charge >= 0.3 is 0 Å². The fraction of sp³-hybridized carbons (Fsp3) is 0.667. The number of nitrogens with zero attached hydrogens (tertiary/aromatic N) is 2. The average molecular weight is 292 g/mol. The summed E-state index contributed by atoms with van der Waals surface area (Å²) < 4.78 is 0. The molecule has 1 unspecified atom stereocenters. The number of halogens is 4. The van der Waals surface area contributed by atoms with E-state index in [9.17, 15) is 0 Å². The molecule has 1 rings (SSSR count). The molecule has 1 aliphatic rings. The second-order valence-electron chi connectivity index (χ2n) is 3.25. The van der Waals surface area contributed by atoms with Crippen LogP contribution in [0.4, 0.5) is 0 Å². The highest BCUT2D eigenvalue weighted by Crippen LogP contribution is 2.30. The van der Waals surface area contributed by atoms with E-state index in [2.05, 4.69) is 4.99 Å². The lowest BCUT2D eigenvalue weighted by Crippen LogP contribution is -2.41. The van der Waals surface area contributed by atoms with Gasteiger partial charge in [-0.25, -0.2) is 0 Å². The van der Waals surface area contributed by atoms with E-state index in [1.807, 2.05) is 18.0 Å². The molecule has 0 radical (unpaired) electrons. The van der Waals surface area contributed by atoms with Crippen molar-refractivity contribution in [1.82, 2.24) is 4.90 Å². The molecule has 88 valence electrons. The molecule has 0 spiro atoms. The lowest BCUT2D eigenvalue weighted by Gasteiger charge is -2.34. The van der Waals surface area contributed by atoms with E-state index in [-0.39, 0.29) is 12.4 Å². The molecule has 0 aromatic heterocycles. The van der Waals surface area contributed by atoms with Crippen molar-refractivity contribution in [3.05, 3.63) is 11.8 Å². The largest absolute Gasteiger partial charge is 0.375 e. The third-order valence-corrected chi connectivity index (χ3v) is 3.39. The van der Waals surface area contributed by atoms with Gasteiger partial charge in [-0.1, -0.05) is 0 Å². The number of dihydropyridines is 1. The SMILES string of the molecule is CN(CCCl)C1=CC=NCC1(Cl)CCl.Cl. The highest BCUT2D eigenvalue weighted by molar-refractivity contribution is 6.32. The number of alkyl halides is 3. The summed E-state index contributed by atoms with van der Waals surface area (Å²) in [5, 5.41) is 0. The lowest BCUT2D eigenvalue weighted by molar-refractivity contribution is 0.399. The second kappa shape index (κ2) is 6.85. The van der Waals surface area contributed by atoms with Crippen molar-refractivity contribution in [3.63, 3.8) is 0 Å². The van der Waals surface area contributed by atoms with Gasteiger partial charge in [-0.2, -0.15) is 0 Å². The smallest absolute Gasteiger partial charge is 0.117 e.